The Hall–Kier alpha value is -3.18. The molecule has 0 aliphatic heterocycles. The van der Waals surface area contributed by atoms with Crippen LogP contribution >= 0.6 is 15.9 Å². The molecule has 31 heavy (non-hydrogen) atoms. The Bertz CT molecular complexity index is 1270. The SMILES string of the molecule is Cc1cc(NC(=O)c2cc(-c3ccccc3OC(C)C)nc3ccccc23)ccc1Br. The number of carbonyl (C=O) groups is 1. The number of rotatable bonds is 5. The van der Waals surface area contributed by atoms with E-state index in [0.29, 0.717) is 11.3 Å². The van der Waals surface area contributed by atoms with Gasteiger partial charge in [0.15, 0.2) is 0 Å². The highest BCUT2D eigenvalue weighted by Gasteiger charge is 2.17. The second-order valence-electron chi connectivity index (χ2n) is 7.65. The molecular formula is C26H23BrN2O2. The molecule has 0 saturated carbocycles. The third-order valence-electron chi connectivity index (χ3n) is 4.90. The van der Waals surface area contributed by atoms with Gasteiger partial charge in [-0.1, -0.05) is 46.3 Å². The molecule has 0 fully saturated rings. The van der Waals surface area contributed by atoms with Crippen LogP contribution in [0.15, 0.2) is 77.3 Å². The number of para-hydroxylation sites is 2. The number of nitrogens with one attached hydrogen (secondary N) is 1. The van der Waals surface area contributed by atoms with E-state index in [2.05, 4.69) is 21.2 Å². The molecule has 0 atom stereocenters. The van der Waals surface area contributed by atoms with Gasteiger partial charge in [-0.2, -0.15) is 0 Å². The molecular weight excluding hydrogens is 452 g/mol. The summed E-state index contributed by atoms with van der Waals surface area (Å²) in [4.78, 5) is 18.1. The number of halogens is 1. The monoisotopic (exact) mass is 474 g/mol. The van der Waals surface area contributed by atoms with Crippen molar-refractivity contribution in [2.45, 2.75) is 26.9 Å². The van der Waals surface area contributed by atoms with Gasteiger partial charge in [0.1, 0.15) is 5.75 Å². The zero-order valence-corrected chi connectivity index (χ0v) is 19.2. The van der Waals surface area contributed by atoms with Gasteiger partial charge in [0.05, 0.1) is 22.9 Å². The van der Waals surface area contributed by atoms with Gasteiger partial charge in [-0.15, -0.1) is 0 Å². The van der Waals surface area contributed by atoms with Crippen LogP contribution < -0.4 is 10.1 Å². The van der Waals surface area contributed by atoms with Crippen molar-refractivity contribution in [2.24, 2.45) is 0 Å². The number of nitrogens with zero attached hydrogens (tertiary/aromatic N) is 1. The fourth-order valence-electron chi connectivity index (χ4n) is 3.46. The van der Waals surface area contributed by atoms with E-state index < -0.39 is 0 Å². The lowest BCUT2D eigenvalue weighted by Gasteiger charge is -2.15. The van der Waals surface area contributed by atoms with Gasteiger partial charge >= 0.3 is 0 Å². The van der Waals surface area contributed by atoms with E-state index in [4.69, 9.17) is 9.72 Å². The van der Waals surface area contributed by atoms with Crippen molar-refractivity contribution in [3.8, 4) is 17.0 Å². The van der Waals surface area contributed by atoms with Crippen molar-refractivity contribution < 1.29 is 9.53 Å². The number of aryl methyl sites for hydroxylation is 1. The second kappa shape index (κ2) is 8.90. The molecule has 0 aliphatic rings. The Balaban J connectivity index is 1.81. The first-order valence-corrected chi connectivity index (χ1v) is 10.9. The molecule has 0 radical (unpaired) electrons. The number of anilines is 1. The molecule has 5 heteroatoms. The quantitative estimate of drug-likeness (QED) is 0.338. The number of amides is 1. The topological polar surface area (TPSA) is 51.2 Å². The van der Waals surface area contributed by atoms with Crippen LogP contribution in [0.5, 0.6) is 5.75 Å². The standard InChI is InChI=1S/C26H23BrN2O2/c1-16(2)31-25-11-7-5-9-20(25)24-15-21(19-8-4-6-10-23(19)29-24)26(30)28-18-12-13-22(27)17(3)14-18/h4-16H,1-3H3,(H,28,30). The Labute approximate surface area is 190 Å². The molecule has 156 valence electrons. The molecule has 1 N–H and O–H groups in total. The first kappa shape index (κ1) is 21.1. The maximum atomic E-state index is 13.3. The van der Waals surface area contributed by atoms with Crippen molar-refractivity contribution in [1.29, 1.82) is 0 Å². The molecule has 0 aliphatic carbocycles. The smallest absolute Gasteiger partial charge is 0.256 e. The fourth-order valence-corrected chi connectivity index (χ4v) is 3.70. The van der Waals surface area contributed by atoms with Crippen LogP contribution in [-0.2, 0) is 0 Å². The van der Waals surface area contributed by atoms with E-state index in [-0.39, 0.29) is 12.0 Å². The highest BCUT2D eigenvalue weighted by atomic mass is 79.9. The molecule has 4 rings (SSSR count). The zero-order chi connectivity index (χ0) is 22.0. The minimum Gasteiger partial charge on any atom is -0.490 e. The van der Waals surface area contributed by atoms with Crippen LogP contribution in [0, 0.1) is 6.92 Å². The van der Waals surface area contributed by atoms with E-state index in [1.165, 1.54) is 0 Å². The summed E-state index contributed by atoms with van der Waals surface area (Å²) in [5.74, 6) is 0.569. The summed E-state index contributed by atoms with van der Waals surface area (Å²) in [5.41, 5.74) is 4.69. The van der Waals surface area contributed by atoms with Gasteiger partial charge in [-0.05, 0) is 68.8 Å². The normalized spacial score (nSPS) is 11.0. The highest BCUT2D eigenvalue weighted by Crippen LogP contribution is 2.32. The minimum atomic E-state index is -0.177. The van der Waals surface area contributed by atoms with Gasteiger partial charge in [0, 0.05) is 21.1 Å². The fraction of sp³-hybridized carbons (Fsp3) is 0.154. The van der Waals surface area contributed by atoms with Crippen LogP contribution in [0.4, 0.5) is 5.69 Å². The maximum absolute atomic E-state index is 13.3. The van der Waals surface area contributed by atoms with Crippen molar-refractivity contribution in [1.82, 2.24) is 4.98 Å². The molecule has 1 heterocycles. The lowest BCUT2D eigenvalue weighted by atomic mass is 10.0. The summed E-state index contributed by atoms with van der Waals surface area (Å²) in [6, 6.07) is 23.1. The number of benzene rings is 3. The van der Waals surface area contributed by atoms with E-state index >= 15 is 0 Å². The molecule has 4 nitrogen and oxygen atoms in total. The largest absolute Gasteiger partial charge is 0.490 e. The molecule has 1 amide bonds. The van der Waals surface area contributed by atoms with Gasteiger partial charge in [-0.25, -0.2) is 4.98 Å². The number of aromatic nitrogens is 1. The zero-order valence-electron chi connectivity index (χ0n) is 17.6. The number of fused-ring (bicyclic) bond motifs is 1. The average molecular weight is 475 g/mol. The number of hydrogen-bond donors (Lipinski definition) is 1. The number of pyridine rings is 1. The number of ether oxygens (including phenoxy) is 1. The number of carbonyl (C=O) groups excluding carboxylic acids is 1. The lowest BCUT2D eigenvalue weighted by molar-refractivity contribution is 0.102. The summed E-state index contributed by atoms with van der Waals surface area (Å²) in [6.07, 6.45) is 0.0324. The third-order valence-corrected chi connectivity index (χ3v) is 5.79. The predicted molar refractivity (Wildman–Crippen MR) is 130 cm³/mol. The molecule has 4 aromatic rings. The molecule has 0 bridgehead atoms. The Kier molecular flexibility index (Phi) is 6.05. The van der Waals surface area contributed by atoms with Gasteiger partial charge in [-0.3, -0.25) is 4.79 Å². The van der Waals surface area contributed by atoms with E-state index in [9.17, 15) is 4.79 Å². The van der Waals surface area contributed by atoms with Crippen molar-refractivity contribution in [3.05, 3.63) is 88.4 Å². The van der Waals surface area contributed by atoms with Gasteiger partial charge in [0.2, 0.25) is 0 Å². The van der Waals surface area contributed by atoms with Crippen molar-refractivity contribution in [3.63, 3.8) is 0 Å². The maximum Gasteiger partial charge on any atom is 0.256 e. The minimum absolute atomic E-state index is 0.0324. The van der Waals surface area contributed by atoms with Gasteiger partial charge in [0.25, 0.3) is 5.91 Å². The second-order valence-corrected chi connectivity index (χ2v) is 8.51. The Morgan fingerprint density at radius 3 is 2.52 bits per heavy atom. The average Bonchev–Trinajstić information content (AvgIpc) is 2.75. The molecule has 3 aromatic carbocycles. The highest BCUT2D eigenvalue weighted by molar-refractivity contribution is 9.10. The van der Waals surface area contributed by atoms with Crippen LogP contribution in [0.3, 0.4) is 0 Å². The molecule has 0 saturated heterocycles. The summed E-state index contributed by atoms with van der Waals surface area (Å²) >= 11 is 3.50. The first-order chi connectivity index (χ1) is 14.9. The Morgan fingerprint density at radius 1 is 1.00 bits per heavy atom. The Morgan fingerprint density at radius 2 is 1.74 bits per heavy atom. The van der Waals surface area contributed by atoms with Crippen LogP contribution in [0.2, 0.25) is 0 Å². The summed E-state index contributed by atoms with van der Waals surface area (Å²) in [6.45, 7) is 5.97. The summed E-state index contributed by atoms with van der Waals surface area (Å²) < 4.78 is 6.99. The number of hydrogen-bond acceptors (Lipinski definition) is 3. The van der Waals surface area contributed by atoms with E-state index in [0.717, 1.165) is 37.9 Å². The molecule has 0 spiro atoms. The predicted octanol–water partition coefficient (Wildman–Crippen LogP) is 7.01. The van der Waals surface area contributed by atoms with Crippen LogP contribution in [-0.4, -0.2) is 17.0 Å². The van der Waals surface area contributed by atoms with Crippen LogP contribution in [0.1, 0.15) is 29.8 Å². The third kappa shape index (κ3) is 4.62. The molecule has 1 aromatic heterocycles. The van der Waals surface area contributed by atoms with Gasteiger partial charge < -0.3 is 10.1 Å². The van der Waals surface area contributed by atoms with Crippen molar-refractivity contribution in [2.75, 3.05) is 5.32 Å². The van der Waals surface area contributed by atoms with Crippen molar-refractivity contribution >= 4 is 38.4 Å². The summed E-state index contributed by atoms with van der Waals surface area (Å²) in [5, 5.41) is 3.83. The summed E-state index contributed by atoms with van der Waals surface area (Å²) in [7, 11) is 0. The van der Waals surface area contributed by atoms with Crippen LogP contribution in [0.25, 0.3) is 22.2 Å². The first-order valence-electron chi connectivity index (χ1n) is 10.2. The van der Waals surface area contributed by atoms with E-state index in [1.807, 2.05) is 93.6 Å². The molecule has 0 unspecified atom stereocenters. The van der Waals surface area contributed by atoms with E-state index in [1.54, 1.807) is 0 Å². The lowest BCUT2D eigenvalue weighted by Crippen LogP contribution is -2.13.